The van der Waals surface area contributed by atoms with Gasteiger partial charge >= 0.3 is 0 Å². The van der Waals surface area contributed by atoms with E-state index >= 15 is 0 Å². The van der Waals surface area contributed by atoms with Gasteiger partial charge in [0.1, 0.15) is 6.04 Å². The number of hydrogen-bond acceptors (Lipinski definition) is 4. The summed E-state index contributed by atoms with van der Waals surface area (Å²) in [5.74, 6) is -0.0258. The summed E-state index contributed by atoms with van der Waals surface area (Å²) in [6.07, 6.45) is 0.923. The molecule has 0 bridgehead atoms. The lowest BCUT2D eigenvalue weighted by molar-refractivity contribution is -0.117. The van der Waals surface area contributed by atoms with Crippen molar-refractivity contribution in [2.24, 2.45) is 0 Å². The van der Waals surface area contributed by atoms with Crippen molar-refractivity contribution in [1.29, 1.82) is 0 Å². The van der Waals surface area contributed by atoms with Crippen LogP contribution in [0.2, 0.25) is 5.02 Å². The van der Waals surface area contributed by atoms with E-state index in [4.69, 9.17) is 16.3 Å². The number of benzene rings is 1. The molecule has 0 aromatic heterocycles. The topological polar surface area (TPSA) is 53.6 Å². The van der Waals surface area contributed by atoms with Gasteiger partial charge in [0.15, 0.2) is 0 Å². The first-order chi connectivity index (χ1) is 10.1. The van der Waals surface area contributed by atoms with Gasteiger partial charge in [-0.2, -0.15) is 0 Å². The van der Waals surface area contributed by atoms with E-state index in [0.29, 0.717) is 11.6 Å². The smallest absolute Gasteiger partial charge is 0.246 e. The van der Waals surface area contributed by atoms with Crippen molar-refractivity contribution >= 4 is 28.9 Å². The van der Waals surface area contributed by atoms with Gasteiger partial charge in [0.2, 0.25) is 5.91 Å². The van der Waals surface area contributed by atoms with Gasteiger partial charge in [-0.15, -0.1) is 0 Å². The first kappa shape index (κ1) is 16.1. The second kappa shape index (κ2) is 7.11. The molecular weight excluding hydrogens is 290 g/mol. The molecule has 0 spiro atoms. The maximum Gasteiger partial charge on any atom is 0.246 e. The fraction of sp³-hybridized carbons (Fsp3) is 0.533. The van der Waals surface area contributed by atoms with Crippen molar-refractivity contribution in [2.75, 3.05) is 44.1 Å². The normalized spacial score (nSPS) is 16.8. The average molecular weight is 312 g/mol. The molecular formula is C15H22ClN3O2. The number of carbonyl (C=O) groups excluding carboxylic acids is 1. The molecule has 0 saturated carbocycles. The molecule has 116 valence electrons. The summed E-state index contributed by atoms with van der Waals surface area (Å²) in [5.41, 5.74) is 2.67. The van der Waals surface area contributed by atoms with Gasteiger partial charge in [0.25, 0.3) is 0 Å². The van der Waals surface area contributed by atoms with E-state index in [1.165, 1.54) is 0 Å². The molecule has 1 aliphatic heterocycles. The van der Waals surface area contributed by atoms with Gasteiger partial charge in [-0.1, -0.05) is 18.5 Å². The zero-order chi connectivity index (χ0) is 15.4. The van der Waals surface area contributed by atoms with Crippen molar-refractivity contribution < 1.29 is 9.53 Å². The Morgan fingerprint density at radius 3 is 2.90 bits per heavy atom. The van der Waals surface area contributed by atoms with E-state index in [2.05, 4.69) is 15.5 Å². The molecule has 0 saturated heterocycles. The molecule has 1 atom stereocenters. The number of anilines is 2. The highest BCUT2D eigenvalue weighted by Crippen LogP contribution is 2.38. The minimum atomic E-state index is -0.310. The lowest BCUT2D eigenvalue weighted by atomic mass is 10.1. The Morgan fingerprint density at radius 2 is 2.24 bits per heavy atom. The molecule has 1 aromatic rings. The van der Waals surface area contributed by atoms with Gasteiger partial charge in [-0.3, -0.25) is 4.79 Å². The number of methoxy groups -OCH3 is 1. The monoisotopic (exact) mass is 311 g/mol. The standard InChI is InChI=1S/C15H22ClN3O2/c1-4-17-14-10-8-11(16)13(9-12(10)18-15(14)20)19(2)6-5-7-21-3/h8-9,14,17H,4-7H2,1-3H3,(H,18,20). The lowest BCUT2D eigenvalue weighted by Crippen LogP contribution is -2.27. The van der Waals surface area contributed by atoms with Crippen molar-refractivity contribution in [3.8, 4) is 0 Å². The van der Waals surface area contributed by atoms with Crippen molar-refractivity contribution in [2.45, 2.75) is 19.4 Å². The highest BCUT2D eigenvalue weighted by Gasteiger charge is 2.31. The number of nitrogens with zero attached hydrogens (tertiary/aromatic N) is 1. The van der Waals surface area contributed by atoms with Crippen LogP contribution in [0.1, 0.15) is 24.9 Å². The molecule has 2 rings (SSSR count). The fourth-order valence-electron chi connectivity index (χ4n) is 2.54. The quantitative estimate of drug-likeness (QED) is 0.759. The van der Waals surface area contributed by atoms with Crippen LogP contribution in [0, 0.1) is 0 Å². The number of ether oxygens (including phenoxy) is 1. The predicted molar refractivity (Wildman–Crippen MR) is 86.3 cm³/mol. The molecule has 1 amide bonds. The van der Waals surface area contributed by atoms with Crippen LogP contribution < -0.4 is 15.5 Å². The Kier molecular flexibility index (Phi) is 5.45. The summed E-state index contributed by atoms with van der Waals surface area (Å²) in [6, 6.07) is 3.51. The molecule has 0 fully saturated rings. The predicted octanol–water partition coefficient (Wildman–Crippen LogP) is 2.42. The van der Waals surface area contributed by atoms with Crippen LogP contribution in [0.3, 0.4) is 0 Å². The molecule has 1 aromatic carbocycles. The van der Waals surface area contributed by atoms with E-state index in [1.807, 2.05) is 26.1 Å². The number of amides is 1. The Bertz CT molecular complexity index is 522. The molecule has 5 nitrogen and oxygen atoms in total. The van der Waals surface area contributed by atoms with Crippen molar-refractivity contribution in [3.05, 3.63) is 22.7 Å². The lowest BCUT2D eigenvalue weighted by Gasteiger charge is -2.21. The van der Waals surface area contributed by atoms with Crippen molar-refractivity contribution in [1.82, 2.24) is 5.32 Å². The first-order valence-corrected chi connectivity index (χ1v) is 7.54. The van der Waals surface area contributed by atoms with Crippen LogP contribution in [0.5, 0.6) is 0 Å². The number of carbonyl (C=O) groups is 1. The molecule has 1 aliphatic rings. The summed E-state index contributed by atoms with van der Waals surface area (Å²) in [5, 5.41) is 6.74. The van der Waals surface area contributed by atoms with Crippen LogP contribution in [-0.4, -0.2) is 39.8 Å². The number of hydrogen-bond donors (Lipinski definition) is 2. The highest BCUT2D eigenvalue weighted by molar-refractivity contribution is 6.33. The zero-order valence-electron chi connectivity index (χ0n) is 12.7. The third-order valence-electron chi connectivity index (χ3n) is 3.61. The van der Waals surface area contributed by atoms with Crippen LogP contribution >= 0.6 is 11.6 Å². The molecule has 2 N–H and O–H groups in total. The summed E-state index contributed by atoms with van der Waals surface area (Å²) < 4.78 is 5.06. The number of rotatable bonds is 7. The average Bonchev–Trinajstić information content (AvgIpc) is 2.74. The van der Waals surface area contributed by atoms with Gasteiger partial charge in [-0.05, 0) is 25.1 Å². The summed E-state index contributed by atoms with van der Waals surface area (Å²) >= 11 is 6.39. The Morgan fingerprint density at radius 1 is 1.48 bits per heavy atom. The molecule has 0 radical (unpaired) electrons. The third-order valence-corrected chi connectivity index (χ3v) is 3.91. The molecule has 1 heterocycles. The molecule has 1 unspecified atom stereocenters. The second-order valence-electron chi connectivity index (χ2n) is 5.14. The number of halogens is 1. The van der Waals surface area contributed by atoms with Gasteiger partial charge in [-0.25, -0.2) is 0 Å². The minimum Gasteiger partial charge on any atom is -0.385 e. The zero-order valence-corrected chi connectivity index (χ0v) is 13.5. The van der Waals surface area contributed by atoms with Crippen LogP contribution in [-0.2, 0) is 9.53 Å². The maximum atomic E-state index is 12.0. The summed E-state index contributed by atoms with van der Waals surface area (Å²) in [4.78, 5) is 14.1. The van der Waals surface area contributed by atoms with Crippen LogP contribution in [0.15, 0.2) is 12.1 Å². The number of fused-ring (bicyclic) bond motifs is 1. The maximum absolute atomic E-state index is 12.0. The third kappa shape index (κ3) is 3.48. The van der Waals surface area contributed by atoms with E-state index in [0.717, 1.165) is 36.4 Å². The second-order valence-corrected chi connectivity index (χ2v) is 5.55. The van der Waals surface area contributed by atoms with E-state index in [-0.39, 0.29) is 11.9 Å². The highest BCUT2D eigenvalue weighted by atomic mass is 35.5. The van der Waals surface area contributed by atoms with Gasteiger partial charge in [0, 0.05) is 38.6 Å². The Balaban J connectivity index is 2.20. The molecule has 6 heteroatoms. The number of nitrogens with one attached hydrogen (secondary N) is 2. The van der Waals surface area contributed by atoms with Crippen LogP contribution in [0.25, 0.3) is 0 Å². The largest absolute Gasteiger partial charge is 0.385 e. The van der Waals surface area contributed by atoms with Crippen LogP contribution in [0.4, 0.5) is 11.4 Å². The Hall–Kier alpha value is -1.30. The van der Waals surface area contributed by atoms with E-state index < -0.39 is 0 Å². The molecule has 0 aliphatic carbocycles. The first-order valence-electron chi connectivity index (χ1n) is 7.16. The van der Waals surface area contributed by atoms with Gasteiger partial charge < -0.3 is 20.3 Å². The molecule has 21 heavy (non-hydrogen) atoms. The minimum absolute atomic E-state index is 0.0258. The van der Waals surface area contributed by atoms with E-state index in [9.17, 15) is 4.79 Å². The number of likely N-dealkylation sites (N-methyl/N-ethyl adjacent to an activating group) is 1. The Labute approximate surface area is 130 Å². The SMILES string of the molecule is CCNC1C(=O)Nc2cc(N(C)CCCOC)c(Cl)cc21. The fourth-order valence-corrected chi connectivity index (χ4v) is 2.85. The van der Waals surface area contributed by atoms with E-state index in [1.54, 1.807) is 7.11 Å². The van der Waals surface area contributed by atoms with Crippen molar-refractivity contribution in [3.63, 3.8) is 0 Å². The summed E-state index contributed by atoms with van der Waals surface area (Å²) in [7, 11) is 3.68. The van der Waals surface area contributed by atoms with Gasteiger partial charge in [0.05, 0.1) is 10.7 Å². The summed E-state index contributed by atoms with van der Waals surface area (Å²) in [6.45, 7) is 4.27.